The Morgan fingerprint density at radius 2 is 2.08 bits per heavy atom. The van der Waals surface area contributed by atoms with Gasteiger partial charge >= 0.3 is 11.8 Å². The van der Waals surface area contributed by atoms with Crippen LogP contribution in [0.25, 0.3) is 0 Å². The Bertz CT molecular complexity index is 333. The van der Waals surface area contributed by atoms with E-state index in [1.165, 1.54) is 18.3 Å². The summed E-state index contributed by atoms with van der Waals surface area (Å²) in [6.45, 7) is 0. The molecule has 0 spiro atoms. The van der Waals surface area contributed by atoms with Gasteiger partial charge in [-0.05, 0) is 12.1 Å². The molecule has 0 unspecified atom stereocenters. The molecule has 0 radical (unpaired) electrons. The first-order chi connectivity index (χ1) is 6.09. The number of hydrogen-bond acceptors (Lipinski definition) is 4. The van der Waals surface area contributed by atoms with Crippen molar-refractivity contribution in [2.24, 2.45) is 5.73 Å². The predicted molar refractivity (Wildman–Crippen MR) is 46.5 cm³/mol. The molecule has 68 valence electrons. The zero-order valence-electron chi connectivity index (χ0n) is 6.65. The van der Waals surface area contributed by atoms with Crippen LogP contribution in [0.2, 0.25) is 0 Å². The molecular weight excluding hydrogens is 172 g/mol. The number of pyridine rings is 1. The molecule has 0 aliphatic carbocycles. The number of hydrogen-bond donors (Lipinski definition) is 3. The van der Waals surface area contributed by atoms with Crippen molar-refractivity contribution in [2.45, 2.75) is 0 Å². The number of carbonyl (C=O) groups excluding carboxylic acids is 2. The van der Waals surface area contributed by atoms with Crippen LogP contribution < -0.4 is 16.8 Å². The topological polar surface area (TPSA) is 111 Å². The lowest BCUT2D eigenvalue weighted by atomic mass is 10.4. The summed E-state index contributed by atoms with van der Waals surface area (Å²) in [5, 5.41) is 2.24. The smallest absolute Gasteiger partial charge is 0.313 e. The highest BCUT2D eigenvalue weighted by Crippen LogP contribution is 2.05. The highest BCUT2D eigenvalue weighted by Gasteiger charge is 2.07. The molecule has 6 heteroatoms. The molecule has 0 aliphatic rings. The van der Waals surface area contributed by atoms with E-state index in [0.717, 1.165) is 0 Å². The van der Waals surface area contributed by atoms with Gasteiger partial charge in [-0.3, -0.25) is 9.59 Å². The number of amides is 2. The van der Waals surface area contributed by atoms with E-state index in [1.807, 2.05) is 0 Å². The van der Waals surface area contributed by atoms with E-state index in [0.29, 0.717) is 11.5 Å². The van der Waals surface area contributed by atoms with Crippen molar-refractivity contribution in [3.8, 4) is 0 Å². The van der Waals surface area contributed by atoms with Gasteiger partial charge in [0, 0.05) is 0 Å². The van der Waals surface area contributed by atoms with Crippen molar-refractivity contribution < 1.29 is 9.59 Å². The lowest BCUT2D eigenvalue weighted by Crippen LogP contribution is -2.29. The molecule has 0 fully saturated rings. The van der Waals surface area contributed by atoms with Crippen LogP contribution >= 0.6 is 0 Å². The number of rotatable bonds is 1. The van der Waals surface area contributed by atoms with Crippen LogP contribution in [0.15, 0.2) is 18.3 Å². The lowest BCUT2D eigenvalue weighted by Gasteiger charge is -2.00. The number of aromatic nitrogens is 1. The average molecular weight is 180 g/mol. The van der Waals surface area contributed by atoms with Crippen molar-refractivity contribution in [1.82, 2.24) is 4.98 Å². The Morgan fingerprint density at radius 3 is 2.54 bits per heavy atom. The van der Waals surface area contributed by atoms with Gasteiger partial charge in [-0.2, -0.15) is 0 Å². The molecule has 5 N–H and O–H groups in total. The predicted octanol–water partition coefficient (Wildman–Crippen LogP) is -0.912. The monoisotopic (exact) mass is 180 g/mol. The third kappa shape index (κ3) is 2.44. The van der Waals surface area contributed by atoms with Gasteiger partial charge in [-0.25, -0.2) is 4.98 Å². The molecule has 2 amide bonds. The number of anilines is 2. The summed E-state index contributed by atoms with van der Waals surface area (Å²) in [7, 11) is 0. The minimum Gasteiger partial charge on any atom is -0.384 e. The fourth-order valence-corrected chi connectivity index (χ4v) is 0.672. The highest BCUT2D eigenvalue weighted by molar-refractivity contribution is 6.39. The van der Waals surface area contributed by atoms with Gasteiger partial charge < -0.3 is 16.8 Å². The summed E-state index contributed by atoms with van der Waals surface area (Å²) in [5.74, 6) is -1.60. The Labute approximate surface area is 73.9 Å². The van der Waals surface area contributed by atoms with Gasteiger partial charge in [0.15, 0.2) is 0 Å². The molecule has 0 saturated heterocycles. The van der Waals surface area contributed by atoms with E-state index < -0.39 is 11.8 Å². The maximum absolute atomic E-state index is 10.8. The molecule has 1 rings (SSSR count). The Morgan fingerprint density at radius 1 is 1.38 bits per heavy atom. The molecule has 0 aliphatic heterocycles. The number of nitrogens with one attached hydrogen (secondary N) is 1. The van der Waals surface area contributed by atoms with Crippen LogP contribution in [0.1, 0.15) is 0 Å². The molecule has 0 atom stereocenters. The molecule has 0 aromatic carbocycles. The maximum atomic E-state index is 10.8. The molecular formula is C7H8N4O2. The van der Waals surface area contributed by atoms with Gasteiger partial charge in [0.05, 0.1) is 11.9 Å². The number of nitrogens with two attached hydrogens (primary N) is 2. The third-order valence-electron chi connectivity index (χ3n) is 1.27. The second-order valence-electron chi connectivity index (χ2n) is 2.29. The first-order valence-electron chi connectivity index (χ1n) is 3.42. The van der Waals surface area contributed by atoms with E-state index in [9.17, 15) is 9.59 Å². The molecule has 6 nitrogen and oxygen atoms in total. The van der Waals surface area contributed by atoms with Gasteiger partial charge in [0.25, 0.3) is 0 Å². The van der Waals surface area contributed by atoms with Crippen molar-refractivity contribution in [3.05, 3.63) is 18.3 Å². The minimum atomic E-state index is -1.04. The molecule has 13 heavy (non-hydrogen) atoms. The molecule has 1 heterocycles. The largest absolute Gasteiger partial charge is 0.384 e. The van der Waals surface area contributed by atoms with Crippen LogP contribution in [0.5, 0.6) is 0 Å². The van der Waals surface area contributed by atoms with Crippen LogP contribution in [0.4, 0.5) is 11.5 Å². The number of carbonyl (C=O) groups is 2. The summed E-state index contributed by atoms with van der Waals surface area (Å²) in [6.07, 6.45) is 1.33. The van der Waals surface area contributed by atoms with E-state index in [-0.39, 0.29) is 0 Å². The zero-order chi connectivity index (χ0) is 9.84. The first kappa shape index (κ1) is 8.98. The summed E-state index contributed by atoms with van der Waals surface area (Å²) in [5.41, 5.74) is 10.4. The van der Waals surface area contributed by atoms with Crippen LogP contribution in [-0.4, -0.2) is 16.8 Å². The molecule has 1 aromatic rings. The summed E-state index contributed by atoms with van der Waals surface area (Å²) >= 11 is 0. The number of nitrogen functional groups attached to an aromatic ring is 1. The van der Waals surface area contributed by atoms with Crippen LogP contribution in [-0.2, 0) is 9.59 Å². The van der Waals surface area contributed by atoms with Crippen molar-refractivity contribution in [2.75, 3.05) is 11.1 Å². The number of nitrogens with zero attached hydrogens (tertiary/aromatic N) is 1. The summed E-state index contributed by atoms with van der Waals surface area (Å²) < 4.78 is 0. The number of primary amides is 1. The quantitative estimate of drug-likeness (QED) is 0.485. The summed E-state index contributed by atoms with van der Waals surface area (Å²) in [4.78, 5) is 24.8. The Hall–Kier alpha value is -2.11. The normalized spacial score (nSPS) is 9.23. The molecule has 0 saturated carbocycles. The van der Waals surface area contributed by atoms with E-state index in [2.05, 4.69) is 10.3 Å². The standard InChI is InChI=1S/C7H8N4O2/c8-5-2-1-4(3-10-5)11-7(13)6(9)12/h1-3H,(H2,8,10)(H2,9,12)(H,11,13). The lowest BCUT2D eigenvalue weighted by molar-refractivity contribution is -0.134. The minimum absolute atomic E-state index is 0.331. The highest BCUT2D eigenvalue weighted by atomic mass is 16.2. The van der Waals surface area contributed by atoms with E-state index >= 15 is 0 Å². The fraction of sp³-hybridized carbons (Fsp3) is 0. The van der Waals surface area contributed by atoms with Gasteiger partial charge in [0.2, 0.25) is 0 Å². The van der Waals surface area contributed by atoms with E-state index in [1.54, 1.807) is 0 Å². The van der Waals surface area contributed by atoms with Gasteiger partial charge in [-0.15, -0.1) is 0 Å². The van der Waals surface area contributed by atoms with Crippen molar-refractivity contribution >= 4 is 23.3 Å². The second-order valence-corrected chi connectivity index (χ2v) is 2.29. The Kier molecular flexibility index (Phi) is 2.44. The third-order valence-corrected chi connectivity index (χ3v) is 1.27. The van der Waals surface area contributed by atoms with Crippen LogP contribution in [0, 0.1) is 0 Å². The van der Waals surface area contributed by atoms with Gasteiger partial charge in [0.1, 0.15) is 5.82 Å². The first-order valence-corrected chi connectivity index (χ1v) is 3.42. The maximum Gasteiger partial charge on any atom is 0.313 e. The van der Waals surface area contributed by atoms with Gasteiger partial charge in [-0.1, -0.05) is 0 Å². The SMILES string of the molecule is NC(=O)C(=O)Nc1ccc(N)nc1. The van der Waals surface area contributed by atoms with Crippen LogP contribution in [0.3, 0.4) is 0 Å². The van der Waals surface area contributed by atoms with E-state index in [4.69, 9.17) is 11.5 Å². The molecule has 0 bridgehead atoms. The fourth-order valence-electron chi connectivity index (χ4n) is 0.672. The average Bonchev–Trinajstić information content (AvgIpc) is 2.08. The summed E-state index contributed by atoms with van der Waals surface area (Å²) in [6, 6.07) is 3.01. The van der Waals surface area contributed by atoms with Crippen molar-refractivity contribution in [3.63, 3.8) is 0 Å². The molecule has 1 aromatic heterocycles. The Balaban J connectivity index is 2.70. The van der Waals surface area contributed by atoms with Crippen molar-refractivity contribution in [1.29, 1.82) is 0 Å². The second kappa shape index (κ2) is 3.53. The zero-order valence-corrected chi connectivity index (χ0v) is 6.65.